The topological polar surface area (TPSA) is 62.6 Å². The average Bonchev–Trinajstić information content (AvgIpc) is 3.12. The molecule has 30 heavy (non-hydrogen) atoms. The molecule has 0 saturated carbocycles. The normalized spacial score (nSPS) is 16.3. The van der Waals surface area contributed by atoms with E-state index in [1.54, 1.807) is 23.5 Å². The van der Waals surface area contributed by atoms with E-state index in [9.17, 15) is 9.59 Å². The van der Waals surface area contributed by atoms with E-state index in [4.69, 9.17) is 16.0 Å². The lowest BCUT2D eigenvalue weighted by molar-refractivity contribution is 0.0907. The summed E-state index contributed by atoms with van der Waals surface area (Å²) < 4.78 is 5.75. The summed E-state index contributed by atoms with van der Waals surface area (Å²) in [6, 6.07) is 8.82. The van der Waals surface area contributed by atoms with Crippen LogP contribution in [-0.4, -0.2) is 30.4 Å². The number of amides is 1. The third-order valence-corrected chi connectivity index (χ3v) is 7.02. The number of halogens is 1. The Morgan fingerprint density at radius 1 is 1.23 bits per heavy atom. The third-order valence-electron chi connectivity index (χ3n) is 5.64. The number of nitrogens with zero attached hydrogens (tertiary/aromatic N) is 1. The Bertz CT molecular complexity index is 1090. The highest BCUT2D eigenvalue weighted by Gasteiger charge is 2.24. The first-order valence-corrected chi connectivity index (χ1v) is 11.6. The van der Waals surface area contributed by atoms with Crippen LogP contribution in [0.15, 0.2) is 44.9 Å². The Hall–Kier alpha value is -2.15. The number of fused-ring (bicyclic) bond motifs is 1. The summed E-state index contributed by atoms with van der Waals surface area (Å²) in [5, 5.41) is 5.94. The number of rotatable bonds is 5. The van der Waals surface area contributed by atoms with Gasteiger partial charge < -0.3 is 9.73 Å². The highest BCUT2D eigenvalue weighted by atomic mass is 35.5. The fourth-order valence-corrected chi connectivity index (χ4v) is 4.99. The lowest BCUT2D eigenvalue weighted by Gasteiger charge is -2.30. The molecule has 1 N–H and O–H groups in total. The summed E-state index contributed by atoms with van der Waals surface area (Å²) in [5.74, 6) is -0.354. The molecule has 1 unspecified atom stereocenters. The monoisotopic (exact) mass is 444 g/mol. The maximum Gasteiger partial charge on any atom is 0.287 e. The predicted molar refractivity (Wildman–Crippen MR) is 122 cm³/mol. The summed E-state index contributed by atoms with van der Waals surface area (Å²) in [4.78, 5) is 29.0. The quantitative estimate of drug-likeness (QED) is 0.590. The van der Waals surface area contributed by atoms with Crippen molar-refractivity contribution in [3.63, 3.8) is 0 Å². The van der Waals surface area contributed by atoms with Crippen LogP contribution in [0.4, 0.5) is 0 Å². The van der Waals surface area contributed by atoms with Gasteiger partial charge in [0.05, 0.1) is 11.4 Å². The Morgan fingerprint density at radius 2 is 2.00 bits per heavy atom. The summed E-state index contributed by atoms with van der Waals surface area (Å²) in [6.07, 6.45) is 4.87. The molecular weight excluding hydrogens is 420 g/mol. The molecule has 7 heteroatoms. The van der Waals surface area contributed by atoms with Crippen molar-refractivity contribution in [2.45, 2.75) is 38.6 Å². The van der Waals surface area contributed by atoms with E-state index in [-0.39, 0.29) is 23.1 Å². The fourth-order valence-electron chi connectivity index (χ4n) is 3.96. The van der Waals surface area contributed by atoms with Crippen molar-refractivity contribution in [3.8, 4) is 0 Å². The number of nitrogens with one attached hydrogen (secondary N) is 1. The van der Waals surface area contributed by atoms with Crippen LogP contribution in [0.1, 0.15) is 52.7 Å². The van der Waals surface area contributed by atoms with E-state index in [0.717, 1.165) is 18.7 Å². The molecule has 1 fully saturated rings. The van der Waals surface area contributed by atoms with Gasteiger partial charge in [0.25, 0.3) is 5.91 Å². The number of carbonyl (C=O) groups is 1. The zero-order chi connectivity index (χ0) is 21.1. The Morgan fingerprint density at radius 3 is 2.70 bits per heavy atom. The lowest BCUT2D eigenvalue weighted by atomic mass is 10.1. The number of thiophene rings is 1. The van der Waals surface area contributed by atoms with Crippen molar-refractivity contribution in [1.82, 2.24) is 10.2 Å². The maximum atomic E-state index is 12.8. The molecule has 0 radical (unpaired) electrons. The highest BCUT2D eigenvalue weighted by Crippen LogP contribution is 2.27. The Kier molecular flexibility index (Phi) is 6.56. The zero-order valence-electron chi connectivity index (χ0n) is 16.9. The minimum absolute atomic E-state index is 0.0232. The van der Waals surface area contributed by atoms with Crippen molar-refractivity contribution in [1.29, 1.82) is 0 Å². The molecule has 0 bridgehead atoms. The molecule has 2 aromatic heterocycles. The van der Waals surface area contributed by atoms with Gasteiger partial charge in [-0.2, -0.15) is 0 Å². The van der Waals surface area contributed by atoms with Crippen LogP contribution >= 0.6 is 22.9 Å². The standard InChI is InChI=1S/C23H25ClN2O3S/c1-15-11-20-16(12-17(15)24)19(27)13-21(29-20)23(28)25-14-18(22-7-6-10-30-22)26-8-4-2-3-5-9-26/h6-7,10-13,18H,2-5,8-9,14H2,1H3,(H,25,28). The Labute approximate surface area is 184 Å². The molecule has 1 amide bonds. The first-order valence-electron chi connectivity index (χ1n) is 10.3. The molecule has 1 aromatic carbocycles. The van der Waals surface area contributed by atoms with Gasteiger partial charge in [-0.05, 0) is 62.0 Å². The molecule has 3 aromatic rings. The molecule has 4 rings (SSSR count). The second-order valence-corrected chi connectivity index (χ2v) is 9.15. The van der Waals surface area contributed by atoms with E-state index in [2.05, 4.69) is 21.7 Å². The summed E-state index contributed by atoms with van der Waals surface area (Å²) >= 11 is 7.82. The zero-order valence-corrected chi connectivity index (χ0v) is 18.5. The second kappa shape index (κ2) is 9.33. The van der Waals surface area contributed by atoms with Crippen molar-refractivity contribution in [3.05, 3.63) is 67.2 Å². The van der Waals surface area contributed by atoms with E-state index in [0.29, 0.717) is 22.5 Å². The van der Waals surface area contributed by atoms with E-state index in [1.807, 2.05) is 13.0 Å². The molecule has 3 heterocycles. The van der Waals surface area contributed by atoms with Crippen molar-refractivity contribution < 1.29 is 9.21 Å². The largest absolute Gasteiger partial charge is 0.451 e. The lowest BCUT2D eigenvalue weighted by Crippen LogP contribution is -2.38. The average molecular weight is 445 g/mol. The molecule has 5 nitrogen and oxygen atoms in total. The van der Waals surface area contributed by atoms with Gasteiger partial charge in [0, 0.05) is 22.5 Å². The number of aryl methyl sites for hydroxylation is 1. The molecule has 1 saturated heterocycles. The van der Waals surface area contributed by atoms with Gasteiger partial charge >= 0.3 is 0 Å². The van der Waals surface area contributed by atoms with Crippen LogP contribution in [0.2, 0.25) is 5.02 Å². The van der Waals surface area contributed by atoms with E-state index < -0.39 is 0 Å². The van der Waals surface area contributed by atoms with Gasteiger partial charge in [-0.3, -0.25) is 14.5 Å². The number of benzene rings is 1. The second-order valence-electron chi connectivity index (χ2n) is 7.76. The molecule has 158 valence electrons. The van der Waals surface area contributed by atoms with E-state index in [1.165, 1.54) is 36.6 Å². The number of hydrogen-bond acceptors (Lipinski definition) is 5. The summed E-state index contributed by atoms with van der Waals surface area (Å²) in [7, 11) is 0. The molecule has 1 aliphatic heterocycles. The van der Waals surface area contributed by atoms with Crippen LogP contribution in [0.5, 0.6) is 0 Å². The first-order chi connectivity index (χ1) is 14.5. The van der Waals surface area contributed by atoms with Crippen molar-refractivity contribution >= 4 is 39.8 Å². The van der Waals surface area contributed by atoms with Crippen molar-refractivity contribution in [2.24, 2.45) is 0 Å². The molecular formula is C23H25ClN2O3S. The van der Waals surface area contributed by atoms with Crippen LogP contribution in [0.25, 0.3) is 11.0 Å². The van der Waals surface area contributed by atoms with Gasteiger partial charge in [0.15, 0.2) is 11.2 Å². The van der Waals surface area contributed by atoms with Gasteiger partial charge in [-0.15, -0.1) is 11.3 Å². The van der Waals surface area contributed by atoms with Gasteiger partial charge in [-0.25, -0.2) is 0 Å². The summed E-state index contributed by atoms with van der Waals surface area (Å²) in [5.41, 5.74) is 0.895. The minimum Gasteiger partial charge on any atom is -0.451 e. The van der Waals surface area contributed by atoms with Gasteiger partial charge in [0.1, 0.15) is 5.58 Å². The molecule has 1 aliphatic rings. The molecule has 0 aliphatic carbocycles. The van der Waals surface area contributed by atoms with Gasteiger partial charge in [-0.1, -0.05) is 30.5 Å². The SMILES string of the molecule is Cc1cc2oc(C(=O)NCC(c3cccs3)N3CCCCCC3)cc(=O)c2cc1Cl. The number of likely N-dealkylation sites (tertiary alicyclic amines) is 1. The Balaban J connectivity index is 1.54. The smallest absolute Gasteiger partial charge is 0.287 e. The van der Waals surface area contributed by atoms with Crippen LogP contribution < -0.4 is 10.7 Å². The van der Waals surface area contributed by atoms with Crippen LogP contribution in [-0.2, 0) is 0 Å². The fraction of sp³-hybridized carbons (Fsp3) is 0.391. The molecule has 1 atom stereocenters. The first kappa shape index (κ1) is 21.1. The maximum absolute atomic E-state index is 12.8. The van der Waals surface area contributed by atoms with E-state index >= 15 is 0 Å². The summed E-state index contributed by atoms with van der Waals surface area (Å²) in [6.45, 7) is 4.37. The van der Waals surface area contributed by atoms with Crippen LogP contribution in [0, 0.1) is 6.92 Å². The highest BCUT2D eigenvalue weighted by molar-refractivity contribution is 7.10. The number of carbonyl (C=O) groups excluding carboxylic acids is 1. The third kappa shape index (κ3) is 4.61. The van der Waals surface area contributed by atoms with Crippen molar-refractivity contribution in [2.75, 3.05) is 19.6 Å². The predicted octanol–water partition coefficient (Wildman–Crippen LogP) is 5.16. The number of hydrogen-bond donors (Lipinski definition) is 1. The van der Waals surface area contributed by atoms with Crippen LogP contribution in [0.3, 0.4) is 0 Å². The minimum atomic E-state index is -0.377. The molecule has 0 spiro atoms. The van der Waals surface area contributed by atoms with Gasteiger partial charge in [0.2, 0.25) is 0 Å².